The monoisotopic (exact) mass is 254 g/mol. The van der Waals surface area contributed by atoms with Gasteiger partial charge in [-0.1, -0.05) is 30.3 Å². The Bertz CT molecular complexity index is 833. The van der Waals surface area contributed by atoms with E-state index in [2.05, 4.69) is 11.1 Å². The lowest BCUT2D eigenvalue weighted by Crippen LogP contribution is -2.09. The van der Waals surface area contributed by atoms with Gasteiger partial charge in [-0.3, -0.25) is 14.3 Å². The second-order valence-corrected chi connectivity index (χ2v) is 4.40. The lowest BCUT2D eigenvalue weighted by atomic mass is 10.1. The van der Waals surface area contributed by atoms with Crippen molar-refractivity contribution in [1.29, 1.82) is 0 Å². The predicted octanol–water partition coefficient (Wildman–Crippen LogP) is 3.05. The fraction of sp³-hybridized carbons (Fsp3) is 0. The summed E-state index contributed by atoms with van der Waals surface area (Å²) in [5.41, 5.74) is 0.756. The fourth-order valence-electron chi connectivity index (χ4n) is 1.95. The Morgan fingerprint density at radius 2 is 1.78 bits per heavy atom. The van der Waals surface area contributed by atoms with Crippen molar-refractivity contribution in [2.75, 3.05) is 0 Å². The highest BCUT2D eigenvalue weighted by molar-refractivity contribution is 7.71. The van der Waals surface area contributed by atoms with Gasteiger partial charge in [0.25, 0.3) is 5.56 Å². The number of fused-ring (bicyclic) bond motifs is 1. The fourth-order valence-corrected chi connectivity index (χ4v) is 2.21. The highest BCUT2D eigenvalue weighted by Crippen LogP contribution is 2.18. The number of rotatable bonds is 1. The van der Waals surface area contributed by atoms with Gasteiger partial charge in [0, 0.05) is 18.0 Å². The molecule has 1 heterocycles. The van der Waals surface area contributed by atoms with E-state index in [9.17, 15) is 4.79 Å². The van der Waals surface area contributed by atoms with E-state index >= 15 is 0 Å². The van der Waals surface area contributed by atoms with E-state index in [1.165, 1.54) is 11.5 Å². The van der Waals surface area contributed by atoms with Crippen molar-refractivity contribution in [2.45, 2.75) is 0 Å². The van der Waals surface area contributed by atoms with Gasteiger partial charge in [0.05, 0.1) is 0 Å². The standard InChI is InChI=1S/C14H10N2OS/c17-13-7-8-16(14(18)15-13)12-6-5-10-3-1-2-4-11(10)9-12/h1-9H,(H,15,17,18). The molecule has 0 saturated heterocycles. The molecule has 0 radical (unpaired) electrons. The third kappa shape index (κ3) is 1.87. The lowest BCUT2D eigenvalue weighted by molar-refractivity contribution is 0.939. The Balaban J connectivity index is 2.25. The molecule has 0 atom stereocenters. The number of aromatic amines is 1. The molecule has 0 bridgehead atoms. The molecule has 3 rings (SSSR count). The highest BCUT2D eigenvalue weighted by atomic mass is 32.1. The zero-order valence-corrected chi connectivity index (χ0v) is 10.3. The Morgan fingerprint density at radius 1 is 1.00 bits per heavy atom. The second-order valence-electron chi connectivity index (χ2n) is 4.01. The van der Waals surface area contributed by atoms with Crippen LogP contribution in [0.4, 0.5) is 0 Å². The topological polar surface area (TPSA) is 37.8 Å². The van der Waals surface area contributed by atoms with Crippen LogP contribution < -0.4 is 5.56 Å². The molecule has 4 heteroatoms. The minimum Gasteiger partial charge on any atom is -0.299 e. The Labute approximate surface area is 108 Å². The summed E-state index contributed by atoms with van der Waals surface area (Å²) >= 11 is 5.15. The average Bonchev–Trinajstić information content (AvgIpc) is 2.38. The number of hydrogen-bond acceptors (Lipinski definition) is 2. The molecule has 1 aromatic heterocycles. The molecule has 88 valence electrons. The van der Waals surface area contributed by atoms with Crippen molar-refractivity contribution >= 4 is 23.0 Å². The van der Waals surface area contributed by atoms with Gasteiger partial charge >= 0.3 is 0 Å². The first-order valence-electron chi connectivity index (χ1n) is 5.55. The largest absolute Gasteiger partial charge is 0.299 e. The number of hydrogen-bond donors (Lipinski definition) is 1. The molecule has 0 amide bonds. The maximum absolute atomic E-state index is 11.2. The van der Waals surface area contributed by atoms with Crippen molar-refractivity contribution in [3.05, 3.63) is 69.9 Å². The smallest absolute Gasteiger partial charge is 0.251 e. The second kappa shape index (κ2) is 4.23. The quantitative estimate of drug-likeness (QED) is 0.678. The summed E-state index contributed by atoms with van der Waals surface area (Å²) in [4.78, 5) is 13.8. The SMILES string of the molecule is O=c1ccn(-c2ccc3ccccc3c2)c(=S)[nH]1. The minimum absolute atomic E-state index is 0.183. The zero-order chi connectivity index (χ0) is 12.5. The number of aromatic nitrogens is 2. The van der Waals surface area contributed by atoms with Crippen LogP contribution in [0.5, 0.6) is 0 Å². The molecule has 0 aliphatic carbocycles. The van der Waals surface area contributed by atoms with Gasteiger partial charge < -0.3 is 0 Å². The summed E-state index contributed by atoms with van der Waals surface area (Å²) in [7, 11) is 0. The van der Waals surface area contributed by atoms with Crippen LogP contribution in [0.3, 0.4) is 0 Å². The van der Waals surface area contributed by atoms with Crippen molar-refractivity contribution in [3.8, 4) is 5.69 Å². The van der Waals surface area contributed by atoms with E-state index in [-0.39, 0.29) is 5.56 Å². The molecule has 1 N–H and O–H groups in total. The van der Waals surface area contributed by atoms with Crippen LogP contribution in [0.15, 0.2) is 59.5 Å². The Hall–Kier alpha value is -2.20. The van der Waals surface area contributed by atoms with Crippen LogP contribution in [-0.2, 0) is 0 Å². The van der Waals surface area contributed by atoms with Gasteiger partial charge in [0.1, 0.15) is 0 Å². The summed E-state index contributed by atoms with van der Waals surface area (Å²) in [6.45, 7) is 0. The summed E-state index contributed by atoms with van der Waals surface area (Å²) < 4.78 is 2.18. The van der Waals surface area contributed by atoms with Crippen molar-refractivity contribution in [1.82, 2.24) is 9.55 Å². The van der Waals surface area contributed by atoms with Gasteiger partial charge in [-0.05, 0) is 35.1 Å². The number of H-pyrrole nitrogens is 1. The minimum atomic E-state index is -0.183. The average molecular weight is 254 g/mol. The van der Waals surface area contributed by atoms with Gasteiger partial charge in [0.15, 0.2) is 4.77 Å². The molecule has 0 unspecified atom stereocenters. The van der Waals surface area contributed by atoms with Crippen molar-refractivity contribution < 1.29 is 0 Å². The van der Waals surface area contributed by atoms with Crippen LogP contribution in [0.25, 0.3) is 16.5 Å². The maximum atomic E-state index is 11.2. The lowest BCUT2D eigenvalue weighted by Gasteiger charge is -2.07. The Morgan fingerprint density at radius 3 is 2.56 bits per heavy atom. The summed E-state index contributed by atoms with van der Waals surface area (Å²) in [6.07, 6.45) is 1.69. The van der Waals surface area contributed by atoms with Crippen molar-refractivity contribution in [2.24, 2.45) is 0 Å². The molecule has 2 aromatic carbocycles. The first kappa shape index (κ1) is 10.9. The van der Waals surface area contributed by atoms with Gasteiger partial charge in [0.2, 0.25) is 0 Å². The van der Waals surface area contributed by atoms with E-state index in [1.807, 2.05) is 36.4 Å². The first-order chi connectivity index (χ1) is 8.74. The number of nitrogens with zero attached hydrogens (tertiary/aromatic N) is 1. The third-order valence-electron chi connectivity index (χ3n) is 2.84. The number of nitrogens with one attached hydrogen (secondary N) is 1. The molecule has 0 saturated carbocycles. The summed E-state index contributed by atoms with van der Waals surface area (Å²) in [5.74, 6) is 0. The Kier molecular flexibility index (Phi) is 2.57. The number of benzene rings is 2. The van der Waals surface area contributed by atoms with E-state index < -0.39 is 0 Å². The normalized spacial score (nSPS) is 10.7. The zero-order valence-electron chi connectivity index (χ0n) is 9.46. The van der Waals surface area contributed by atoms with Gasteiger partial charge in [-0.25, -0.2) is 0 Å². The summed E-state index contributed by atoms with van der Waals surface area (Å²) in [6, 6.07) is 15.6. The van der Waals surface area contributed by atoms with Crippen LogP contribution in [-0.4, -0.2) is 9.55 Å². The van der Waals surface area contributed by atoms with Crippen LogP contribution in [0.1, 0.15) is 0 Å². The highest BCUT2D eigenvalue weighted by Gasteiger charge is 1.99. The van der Waals surface area contributed by atoms with Gasteiger partial charge in [-0.2, -0.15) is 0 Å². The van der Waals surface area contributed by atoms with Crippen LogP contribution in [0.2, 0.25) is 0 Å². The van der Waals surface area contributed by atoms with Crippen LogP contribution >= 0.6 is 12.2 Å². The van der Waals surface area contributed by atoms with E-state index in [4.69, 9.17) is 12.2 Å². The molecular weight excluding hydrogens is 244 g/mol. The maximum Gasteiger partial charge on any atom is 0.251 e. The molecule has 0 aliphatic rings. The first-order valence-corrected chi connectivity index (χ1v) is 5.96. The molecule has 0 spiro atoms. The van der Waals surface area contributed by atoms with Gasteiger partial charge in [-0.15, -0.1) is 0 Å². The third-order valence-corrected chi connectivity index (χ3v) is 3.13. The molecule has 0 aliphatic heterocycles. The molecule has 3 nitrogen and oxygen atoms in total. The van der Waals surface area contributed by atoms with E-state index in [0.717, 1.165) is 11.1 Å². The van der Waals surface area contributed by atoms with Crippen LogP contribution in [0, 0.1) is 4.77 Å². The molecule has 3 aromatic rings. The van der Waals surface area contributed by atoms with E-state index in [1.54, 1.807) is 10.8 Å². The molecule has 0 fully saturated rings. The molecular formula is C14H10N2OS. The van der Waals surface area contributed by atoms with E-state index in [0.29, 0.717) is 4.77 Å². The van der Waals surface area contributed by atoms with Crippen molar-refractivity contribution in [3.63, 3.8) is 0 Å². The summed E-state index contributed by atoms with van der Waals surface area (Å²) in [5, 5.41) is 2.32. The molecule has 18 heavy (non-hydrogen) atoms. The predicted molar refractivity (Wildman–Crippen MR) is 74.7 cm³/mol.